The van der Waals surface area contributed by atoms with Gasteiger partial charge in [-0.3, -0.25) is 4.79 Å². The van der Waals surface area contributed by atoms with E-state index in [0.29, 0.717) is 5.56 Å². The van der Waals surface area contributed by atoms with Gasteiger partial charge in [0.05, 0.1) is 4.90 Å². The lowest BCUT2D eigenvalue weighted by molar-refractivity contribution is 0.0523. The number of carbonyl (C=O) groups is 1. The highest BCUT2D eigenvalue weighted by atomic mass is 32.2. The van der Waals surface area contributed by atoms with Gasteiger partial charge in [-0.1, -0.05) is 54.6 Å². The molecule has 2 aromatic rings. The fraction of sp³-hybridized carbons (Fsp3) is 0.0952. The number of carbonyl (C=O) groups excluding carboxylic acids is 1. The summed E-state index contributed by atoms with van der Waals surface area (Å²) in [7, 11) is -4.07. The number of phenols is 1. The number of ketones is 1. The molecular formula is C21H19NO5S. The second-order valence-electron chi connectivity index (χ2n) is 6.28. The predicted molar refractivity (Wildman–Crippen MR) is 105 cm³/mol. The van der Waals surface area contributed by atoms with Crippen LogP contribution in [0.25, 0.3) is 0 Å². The molecule has 2 atom stereocenters. The van der Waals surface area contributed by atoms with Crippen LogP contribution < -0.4 is 4.72 Å². The molecule has 0 saturated heterocycles. The molecule has 7 heteroatoms. The molecule has 6 nitrogen and oxygen atoms in total. The number of phenolic OH excluding ortho intramolecular Hbond substituents is 1. The third-order valence-electron chi connectivity index (χ3n) is 4.25. The van der Waals surface area contributed by atoms with Gasteiger partial charge in [0, 0.05) is 11.5 Å². The van der Waals surface area contributed by atoms with Crippen molar-refractivity contribution in [3.05, 3.63) is 96.6 Å². The maximum absolute atomic E-state index is 12.6. The molecule has 3 N–H and O–H groups in total. The summed E-state index contributed by atoms with van der Waals surface area (Å²) in [5, 5.41) is 20.3. The number of allylic oxidation sites excluding steroid dienone is 3. The van der Waals surface area contributed by atoms with Crippen molar-refractivity contribution in [2.75, 3.05) is 0 Å². The first kappa shape index (κ1) is 19.8. The van der Waals surface area contributed by atoms with Crippen LogP contribution in [-0.2, 0) is 10.0 Å². The first-order valence-electron chi connectivity index (χ1n) is 8.49. The third-order valence-corrected chi connectivity index (χ3v) is 5.73. The molecule has 0 aromatic heterocycles. The van der Waals surface area contributed by atoms with Crippen LogP contribution in [0.2, 0.25) is 0 Å². The van der Waals surface area contributed by atoms with Crippen molar-refractivity contribution < 1.29 is 23.4 Å². The van der Waals surface area contributed by atoms with Crippen LogP contribution in [0.5, 0.6) is 5.75 Å². The number of aliphatic hydroxyl groups is 1. The first-order valence-corrected chi connectivity index (χ1v) is 9.97. The maximum atomic E-state index is 12.6. The summed E-state index contributed by atoms with van der Waals surface area (Å²) in [6.45, 7) is 0. The van der Waals surface area contributed by atoms with Gasteiger partial charge in [0.2, 0.25) is 10.0 Å². The van der Waals surface area contributed by atoms with Gasteiger partial charge in [0.25, 0.3) is 0 Å². The van der Waals surface area contributed by atoms with Crippen LogP contribution in [0.15, 0.2) is 95.9 Å². The largest absolute Gasteiger partial charge is 0.508 e. The lowest BCUT2D eigenvalue weighted by Gasteiger charge is -2.32. The average molecular weight is 397 g/mol. The second kappa shape index (κ2) is 7.93. The van der Waals surface area contributed by atoms with Gasteiger partial charge in [-0.05, 0) is 36.4 Å². The van der Waals surface area contributed by atoms with Crippen molar-refractivity contribution in [2.45, 2.75) is 10.6 Å². The van der Waals surface area contributed by atoms with E-state index in [1.54, 1.807) is 42.5 Å². The SMILES string of the molecule is O=C(C=CC1C=CC=CC1(O)NS(=O)(=O)c1ccc(O)cc1)c1ccccc1. The highest BCUT2D eigenvalue weighted by Crippen LogP contribution is 2.26. The molecule has 144 valence electrons. The normalized spacial score (nSPS) is 21.8. The molecule has 28 heavy (non-hydrogen) atoms. The van der Waals surface area contributed by atoms with Crippen molar-refractivity contribution in [1.29, 1.82) is 0 Å². The Bertz CT molecular complexity index is 1040. The zero-order chi connectivity index (χ0) is 20.2. The summed E-state index contributed by atoms with van der Waals surface area (Å²) < 4.78 is 27.5. The topological polar surface area (TPSA) is 104 Å². The monoisotopic (exact) mass is 397 g/mol. The number of sulfonamides is 1. The number of hydrogen-bond donors (Lipinski definition) is 3. The first-order chi connectivity index (χ1) is 13.3. The minimum absolute atomic E-state index is 0.0709. The van der Waals surface area contributed by atoms with Crippen molar-refractivity contribution in [1.82, 2.24) is 4.72 Å². The lowest BCUT2D eigenvalue weighted by Crippen LogP contribution is -2.52. The molecule has 1 aliphatic carbocycles. The van der Waals surface area contributed by atoms with Gasteiger partial charge in [-0.25, -0.2) is 8.42 Å². The third kappa shape index (κ3) is 4.45. The highest BCUT2D eigenvalue weighted by molar-refractivity contribution is 7.89. The predicted octanol–water partition coefficient (Wildman–Crippen LogP) is 2.54. The average Bonchev–Trinajstić information content (AvgIpc) is 2.67. The van der Waals surface area contributed by atoms with E-state index in [4.69, 9.17) is 0 Å². The van der Waals surface area contributed by atoms with Crippen molar-refractivity contribution in [3.63, 3.8) is 0 Å². The van der Waals surface area contributed by atoms with Crippen LogP contribution >= 0.6 is 0 Å². The molecule has 0 fully saturated rings. The molecule has 0 bridgehead atoms. The molecule has 0 aliphatic heterocycles. The van der Waals surface area contributed by atoms with Crippen molar-refractivity contribution >= 4 is 15.8 Å². The summed E-state index contributed by atoms with van der Waals surface area (Å²) in [4.78, 5) is 12.2. The Morgan fingerprint density at radius 2 is 1.71 bits per heavy atom. The van der Waals surface area contributed by atoms with Gasteiger partial charge >= 0.3 is 0 Å². The molecule has 2 unspecified atom stereocenters. The van der Waals surface area contributed by atoms with Gasteiger partial charge in [-0.2, -0.15) is 4.72 Å². The maximum Gasteiger partial charge on any atom is 0.243 e. The Hall–Kier alpha value is -3.00. The van der Waals surface area contributed by atoms with Crippen molar-refractivity contribution in [2.24, 2.45) is 5.92 Å². The van der Waals surface area contributed by atoms with E-state index >= 15 is 0 Å². The fourth-order valence-electron chi connectivity index (χ4n) is 2.75. The van der Waals surface area contributed by atoms with Crippen LogP contribution in [0.1, 0.15) is 10.4 Å². The standard InChI is InChI=1S/C21H19NO5S/c23-18-10-12-19(13-11-18)28(26,27)22-21(25)15-5-4-8-17(21)9-14-20(24)16-6-2-1-3-7-16/h1-15,17,22-23,25H. The van der Waals surface area contributed by atoms with Crippen LogP contribution in [0.4, 0.5) is 0 Å². The Labute approximate surface area is 163 Å². The van der Waals surface area contributed by atoms with Gasteiger partial charge in [0.15, 0.2) is 11.5 Å². The van der Waals surface area contributed by atoms with Crippen LogP contribution in [-0.4, -0.2) is 30.1 Å². The summed E-state index contributed by atoms with van der Waals surface area (Å²) in [6, 6.07) is 13.6. The van der Waals surface area contributed by atoms with Crippen LogP contribution in [0.3, 0.4) is 0 Å². The number of rotatable bonds is 6. The fourth-order valence-corrected chi connectivity index (χ4v) is 3.99. The van der Waals surface area contributed by atoms with Gasteiger partial charge < -0.3 is 10.2 Å². The Morgan fingerprint density at radius 3 is 2.39 bits per heavy atom. The van der Waals surface area contributed by atoms with E-state index in [9.17, 15) is 23.4 Å². The molecule has 0 spiro atoms. The molecule has 0 amide bonds. The Morgan fingerprint density at radius 1 is 1.04 bits per heavy atom. The second-order valence-corrected chi connectivity index (χ2v) is 7.97. The Balaban J connectivity index is 1.83. The summed E-state index contributed by atoms with van der Waals surface area (Å²) in [5.41, 5.74) is -1.46. The van der Waals surface area contributed by atoms with Crippen molar-refractivity contribution in [3.8, 4) is 5.75 Å². The summed E-state index contributed by atoms with van der Waals surface area (Å²) >= 11 is 0. The Kier molecular flexibility index (Phi) is 5.60. The van der Waals surface area contributed by atoms with Gasteiger partial charge in [0.1, 0.15) is 5.75 Å². The number of hydrogen-bond acceptors (Lipinski definition) is 5. The minimum atomic E-state index is -4.07. The number of benzene rings is 2. The van der Waals surface area contributed by atoms with E-state index in [1.807, 2.05) is 0 Å². The molecular weight excluding hydrogens is 378 g/mol. The van der Waals surface area contributed by atoms with E-state index in [1.165, 1.54) is 48.6 Å². The minimum Gasteiger partial charge on any atom is -0.508 e. The molecule has 0 saturated carbocycles. The van der Waals surface area contributed by atoms with E-state index < -0.39 is 21.7 Å². The zero-order valence-corrected chi connectivity index (χ0v) is 15.6. The van der Waals surface area contributed by atoms with Crippen LogP contribution in [0, 0.1) is 5.92 Å². The number of aromatic hydroxyl groups is 1. The highest BCUT2D eigenvalue weighted by Gasteiger charge is 2.37. The number of nitrogens with one attached hydrogen (secondary N) is 1. The van der Waals surface area contributed by atoms with E-state index in [2.05, 4.69) is 4.72 Å². The molecule has 1 aliphatic rings. The van der Waals surface area contributed by atoms with E-state index in [0.717, 1.165) is 0 Å². The smallest absolute Gasteiger partial charge is 0.243 e. The van der Waals surface area contributed by atoms with E-state index in [-0.39, 0.29) is 16.4 Å². The van der Waals surface area contributed by atoms with Gasteiger partial charge in [-0.15, -0.1) is 0 Å². The lowest BCUT2D eigenvalue weighted by atomic mass is 9.91. The summed E-state index contributed by atoms with van der Waals surface area (Å²) in [6.07, 6.45) is 8.84. The molecule has 0 heterocycles. The summed E-state index contributed by atoms with van der Waals surface area (Å²) in [5.74, 6) is -1.12. The zero-order valence-electron chi connectivity index (χ0n) is 14.8. The molecule has 0 radical (unpaired) electrons. The quantitative estimate of drug-likeness (QED) is 0.395. The molecule has 3 rings (SSSR count). The molecule has 2 aromatic carbocycles.